The molecule has 4 aliphatic carbocycles. The highest BCUT2D eigenvalue weighted by molar-refractivity contribution is 5.86. The van der Waals surface area contributed by atoms with Gasteiger partial charge >= 0.3 is 11.9 Å². The second kappa shape index (κ2) is 7.32. The number of carbonyl (C=O) groups excluding carboxylic acids is 2. The van der Waals surface area contributed by atoms with Crippen LogP contribution >= 0.6 is 0 Å². The maximum atomic E-state index is 12.1. The van der Waals surface area contributed by atoms with Gasteiger partial charge in [-0.05, 0) is 84.9 Å². The average molecular weight is 445 g/mol. The third-order valence-corrected chi connectivity index (χ3v) is 10.7. The van der Waals surface area contributed by atoms with Crippen LogP contribution in [0.15, 0.2) is 11.6 Å². The molecule has 0 aromatic rings. The van der Waals surface area contributed by atoms with Crippen LogP contribution in [0.3, 0.4) is 0 Å². The number of aliphatic hydroxyl groups is 1. The topological polar surface area (TPSA) is 72.8 Å². The van der Waals surface area contributed by atoms with E-state index in [1.165, 1.54) is 38.7 Å². The summed E-state index contributed by atoms with van der Waals surface area (Å²) in [5.41, 5.74) is 1.44. The molecule has 178 valence electrons. The van der Waals surface area contributed by atoms with Crippen molar-refractivity contribution in [3.63, 3.8) is 0 Å². The first-order chi connectivity index (χ1) is 15.0. The van der Waals surface area contributed by atoms with Crippen LogP contribution in [0.4, 0.5) is 0 Å². The van der Waals surface area contributed by atoms with Crippen molar-refractivity contribution in [3.05, 3.63) is 11.6 Å². The smallest absolute Gasteiger partial charge is 0.331 e. The Balaban J connectivity index is 1.54. The number of hydrogen-bond donors (Lipinski definition) is 1. The van der Waals surface area contributed by atoms with Crippen molar-refractivity contribution in [1.82, 2.24) is 0 Å². The van der Waals surface area contributed by atoms with Gasteiger partial charge in [-0.15, -0.1) is 0 Å². The lowest BCUT2D eigenvalue weighted by atomic mass is 9.38. The second-order valence-electron chi connectivity index (χ2n) is 12.7. The molecule has 1 N–H and O–H groups in total. The molecule has 32 heavy (non-hydrogen) atoms. The van der Waals surface area contributed by atoms with Gasteiger partial charge in [-0.2, -0.15) is 0 Å². The molecule has 0 bridgehead atoms. The third kappa shape index (κ3) is 3.13. The fraction of sp³-hybridized carbons (Fsp3) is 0.852. The van der Waals surface area contributed by atoms with E-state index in [-0.39, 0.29) is 23.2 Å². The Hall–Kier alpha value is -1.36. The normalized spacial score (nSPS) is 49.4. The van der Waals surface area contributed by atoms with Crippen LogP contribution in [0.5, 0.6) is 0 Å². The Labute approximate surface area is 192 Å². The molecule has 5 aliphatic rings. The minimum atomic E-state index is -0.732. The van der Waals surface area contributed by atoms with E-state index >= 15 is 0 Å². The number of ether oxygens (including phenoxy) is 2. The lowest BCUT2D eigenvalue weighted by Gasteiger charge is -2.67. The Morgan fingerprint density at radius 2 is 1.81 bits per heavy atom. The average Bonchev–Trinajstić information content (AvgIpc) is 3.03. The van der Waals surface area contributed by atoms with E-state index in [9.17, 15) is 14.7 Å². The summed E-state index contributed by atoms with van der Waals surface area (Å²) in [5.74, 6) is 0.873. The summed E-state index contributed by atoms with van der Waals surface area (Å²) in [5, 5.41) is 11.5. The predicted molar refractivity (Wildman–Crippen MR) is 120 cm³/mol. The first kappa shape index (κ1) is 22.4. The lowest BCUT2D eigenvalue weighted by Crippen LogP contribution is -2.60. The number of rotatable bonds is 1. The van der Waals surface area contributed by atoms with Crippen LogP contribution in [-0.4, -0.2) is 35.4 Å². The van der Waals surface area contributed by atoms with Crippen LogP contribution in [0, 0.1) is 39.9 Å². The Bertz CT molecular complexity index is 845. The summed E-state index contributed by atoms with van der Waals surface area (Å²) in [4.78, 5) is 24.0. The van der Waals surface area contributed by atoms with Gasteiger partial charge < -0.3 is 14.6 Å². The van der Waals surface area contributed by atoms with Gasteiger partial charge in [0.2, 0.25) is 0 Å². The zero-order valence-electron chi connectivity index (χ0n) is 20.4. The first-order valence-corrected chi connectivity index (χ1v) is 12.7. The first-order valence-electron chi connectivity index (χ1n) is 12.7. The molecule has 0 aromatic carbocycles. The molecule has 0 amide bonds. The summed E-state index contributed by atoms with van der Waals surface area (Å²) in [7, 11) is 0. The predicted octanol–water partition coefficient (Wildman–Crippen LogP) is 4.81. The minimum Gasteiger partial charge on any atom is -0.458 e. The molecule has 9 atom stereocenters. The van der Waals surface area contributed by atoms with Crippen LogP contribution in [-0.2, 0) is 19.1 Å². The summed E-state index contributed by atoms with van der Waals surface area (Å²) < 4.78 is 11.3. The molecule has 4 fully saturated rings. The number of hydrogen-bond acceptors (Lipinski definition) is 5. The van der Waals surface area contributed by atoms with E-state index in [1.807, 2.05) is 0 Å². The fourth-order valence-electron chi connectivity index (χ4n) is 9.59. The van der Waals surface area contributed by atoms with E-state index in [2.05, 4.69) is 27.7 Å². The number of fused-ring (bicyclic) bond motifs is 6. The van der Waals surface area contributed by atoms with E-state index in [4.69, 9.17) is 9.47 Å². The molecular weight excluding hydrogens is 404 g/mol. The largest absolute Gasteiger partial charge is 0.458 e. The summed E-state index contributed by atoms with van der Waals surface area (Å²) in [6.45, 7) is 11.4. The molecule has 5 heteroatoms. The van der Waals surface area contributed by atoms with Gasteiger partial charge in [0.1, 0.15) is 6.10 Å². The Kier molecular flexibility index (Phi) is 5.13. The number of carbonyl (C=O) groups is 2. The van der Waals surface area contributed by atoms with Crippen molar-refractivity contribution in [2.75, 3.05) is 0 Å². The standard InChI is InChI=1S/C27H40O5/c1-15(28)31-19-14-18-16(23(30)24-17(19)13-22(29)32-24)7-8-21-26(18,4)12-9-20-25(2,3)10-6-11-27(20,21)5/h13,16,18-21,23-24,30H,6-12,14H2,1-5H3. The quantitative estimate of drug-likeness (QED) is 0.588. The van der Waals surface area contributed by atoms with Gasteiger partial charge in [0.15, 0.2) is 6.10 Å². The summed E-state index contributed by atoms with van der Waals surface area (Å²) >= 11 is 0. The summed E-state index contributed by atoms with van der Waals surface area (Å²) in [6, 6.07) is 0. The lowest BCUT2D eigenvalue weighted by molar-refractivity contribution is -0.191. The molecule has 4 saturated carbocycles. The van der Waals surface area contributed by atoms with Crippen LogP contribution in [0.2, 0.25) is 0 Å². The zero-order valence-corrected chi connectivity index (χ0v) is 20.4. The van der Waals surface area contributed by atoms with Crippen LogP contribution in [0.1, 0.15) is 86.0 Å². The Morgan fingerprint density at radius 3 is 2.53 bits per heavy atom. The maximum Gasteiger partial charge on any atom is 0.331 e. The van der Waals surface area contributed by atoms with Crippen LogP contribution in [0.25, 0.3) is 0 Å². The van der Waals surface area contributed by atoms with Gasteiger partial charge in [-0.3, -0.25) is 4.79 Å². The van der Waals surface area contributed by atoms with E-state index in [0.717, 1.165) is 25.2 Å². The molecule has 0 saturated heterocycles. The molecule has 5 nitrogen and oxygen atoms in total. The number of esters is 2. The highest BCUT2D eigenvalue weighted by Gasteiger charge is 2.64. The van der Waals surface area contributed by atoms with Crippen molar-refractivity contribution in [3.8, 4) is 0 Å². The molecule has 0 aromatic heterocycles. The zero-order chi connectivity index (χ0) is 23.1. The SMILES string of the molecule is CC(=O)OC1CC2C(CCC3C2(C)CCC2C(C)(C)CCCC23C)C(O)C2OC(=O)C=C12. The Morgan fingerprint density at radius 1 is 1.06 bits per heavy atom. The van der Waals surface area contributed by atoms with E-state index in [1.54, 1.807) is 0 Å². The van der Waals surface area contributed by atoms with Crippen molar-refractivity contribution in [2.24, 2.45) is 39.9 Å². The molecule has 0 spiro atoms. The van der Waals surface area contributed by atoms with Gasteiger partial charge in [0.25, 0.3) is 0 Å². The van der Waals surface area contributed by atoms with Gasteiger partial charge in [0.05, 0.1) is 6.10 Å². The van der Waals surface area contributed by atoms with Gasteiger partial charge in [-0.25, -0.2) is 4.79 Å². The van der Waals surface area contributed by atoms with Gasteiger partial charge in [-0.1, -0.05) is 34.1 Å². The number of aliphatic hydroxyl groups excluding tert-OH is 1. The van der Waals surface area contributed by atoms with E-state index in [0.29, 0.717) is 28.7 Å². The fourth-order valence-corrected chi connectivity index (χ4v) is 9.59. The third-order valence-electron chi connectivity index (χ3n) is 10.7. The second-order valence-corrected chi connectivity index (χ2v) is 12.7. The molecule has 1 aliphatic heterocycles. The molecule has 9 unspecified atom stereocenters. The van der Waals surface area contributed by atoms with Gasteiger partial charge in [0, 0.05) is 18.6 Å². The van der Waals surface area contributed by atoms with E-state index < -0.39 is 24.3 Å². The monoisotopic (exact) mass is 444 g/mol. The highest BCUT2D eigenvalue weighted by Crippen LogP contribution is 2.70. The van der Waals surface area contributed by atoms with Crippen molar-refractivity contribution < 1.29 is 24.2 Å². The van der Waals surface area contributed by atoms with Crippen molar-refractivity contribution in [1.29, 1.82) is 0 Å². The minimum absolute atomic E-state index is 0.0628. The highest BCUT2D eigenvalue weighted by atomic mass is 16.6. The van der Waals surface area contributed by atoms with Crippen LogP contribution < -0.4 is 0 Å². The maximum absolute atomic E-state index is 12.1. The van der Waals surface area contributed by atoms with Crippen molar-refractivity contribution in [2.45, 2.75) is 104 Å². The van der Waals surface area contributed by atoms with Crippen molar-refractivity contribution >= 4 is 11.9 Å². The summed E-state index contributed by atoms with van der Waals surface area (Å²) in [6.07, 6.45) is 8.60. The molecule has 5 rings (SSSR count). The molecule has 0 radical (unpaired) electrons. The molecular formula is C27H40O5. The molecule has 1 heterocycles.